The van der Waals surface area contributed by atoms with E-state index >= 15 is 0 Å². The van der Waals surface area contributed by atoms with Gasteiger partial charge in [0.25, 0.3) is 0 Å². The number of carbonyl (C=O) groups excluding carboxylic acids is 1. The van der Waals surface area contributed by atoms with Gasteiger partial charge < -0.3 is 5.32 Å². The van der Waals surface area contributed by atoms with Gasteiger partial charge in [-0.1, -0.05) is 6.42 Å². The van der Waals surface area contributed by atoms with Crippen LogP contribution in [0.4, 0.5) is 13.2 Å². The molecule has 0 bridgehead atoms. The van der Waals surface area contributed by atoms with Gasteiger partial charge in [-0.25, -0.2) is 5.48 Å². The Morgan fingerprint density at radius 3 is 2.76 bits per heavy atom. The Morgan fingerprint density at radius 2 is 2.18 bits per heavy atom. The average Bonchev–Trinajstić information content (AvgIpc) is 2.26. The van der Waals surface area contributed by atoms with E-state index in [1.165, 1.54) is 0 Å². The Balaban J connectivity index is 2.04. The van der Waals surface area contributed by atoms with Crippen molar-refractivity contribution in [2.75, 3.05) is 13.2 Å². The first-order valence-corrected chi connectivity index (χ1v) is 5.68. The zero-order chi connectivity index (χ0) is 12.7. The van der Waals surface area contributed by atoms with E-state index < -0.39 is 18.7 Å². The molecule has 1 rings (SSSR count). The van der Waals surface area contributed by atoms with Gasteiger partial charge in [-0.15, -0.1) is 0 Å². The molecule has 0 aliphatic carbocycles. The molecular weight excluding hydrogens is 237 g/mol. The summed E-state index contributed by atoms with van der Waals surface area (Å²) in [7, 11) is 0. The van der Waals surface area contributed by atoms with E-state index in [0.29, 0.717) is 6.42 Å². The quantitative estimate of drug-likeness (QED) is 0.731. The van der Waals surface area contributed by atoms with Gasteiger partial charge in [-0.05, 0) is 25.8 Å². The summed E-state index contributed by atoms with van der Waals surface area (Å²) in [5.74, 6) is -0.512. The monoisotopic (exact) mass is 254 g/mol. The molecule has 1 amide bonds. The maximum atomic E-state index is 11.7. The number of hydroxylamine groups is 1. The fourth-order valence-electron chi connectivity index (χ4n) is 1.73. The van der Waals surface area contributed by atoms with Crippen molar-refractivity contribution in [1.82, 2.24) is 10.8 Å². The molecular formula is C10H17F3N2O2. The van der Waals surface area contributed by atoms with Gasteiger partial charge in [0.1, 0.15) is 0 Å². The lowest BCUT2D eigenvalue weighted by Crippen LogP contribution is -2.36. The maximum absolute atomic E-state index is 11.7. The molecule has 1 heterocycles. The number of amides is 1. The Labute approximate surface area is 97.8 Å². The molecule has 4 nitrogen and oxygen atoms in total. The second kappa shape index (κ2) is 6.80. The van der Waals surface area contributed by atoms with Gasteiger partial charge >= 0.3 is 6.18 Å². The van der Waals surface area contributed by atoms with E-state index in [-0.39, 0.29) is 12.5 Å². The molecule has 0 aromatic carbocycles. The van der Waals surface area contributed by atoms with Crippen LogP contribution in [-0.2, 0) is 9.63 Å². The molecule has 0 saturated carbocycles. The lowest BCUT2D eigenvalue weighted by molar-refractivity contribution is -0.191. The molecule has 1 atom stereocenters. The molecule has 1 aliphatic heterocycles. The van der Waals surface area contributed by atoms with Crippen LogP contribution in [0.3, 0.4) is 0 Å². The van der Waals surface area contributed by atoms with Crippen LogP contribution in [0.15, 0.2) is 0 Å². The average molecular weight is 254 g/mol. The minimum absolute atomic E-state index is 0.176. The van der Waals surface area contributed by atoms with Gasteiger partial charge in [-0.3, -0.25) is 9.63 Å². The van der Waals surface area contributed by atoms with Gasteiger partial charge in [0.15, 0.2) is 6.61 Å². The van der Waals surface area contributed by atoms with Crippen LogP contribution < -0.4 is 10.8 Å². The highest BCUT2D eigenvalue weighted by atomic mass is 19.4. The Bertz CT molecular complexity index is 240. The van der Waals surface area contributed by atoms with E-state index in [9.17, 15) is 18.0 Å². The van der Waals surface area contributed by atoms with Crippen LogP contribution in [0.2, 0.25) is 0 Å². The number of halogens is 3. The van der Waals surface area contributed by atoms with Crippen molar-refractivity contribution in [2.45, 2.75) is 44.3 Å². The van der Waals surface area contributed by atoms with Crippen LogP contribution in [0.5, 0.6) is 0 Å². The summed E-state index contributed by atoms with van der Waals surface area (Å²) in [4.78, 5) is 15.2. The number of hydrogen-bond donors (Lipinski definition) is 2. The molecule has 1 fully saturated rings. The first kappa shape index (κ1) is 14.2. The lowest BCUT2D eigenvalue weighted by Gasteiger charge is -2.22. The molecule has 0 aromatic rings. The summed E-state index contributed by atoms with van der Waals surface area (Å²) >= 11 is 0. The number of hydrogen-bond acceptors (Lipinski definition) is 3. The predicted molar refractivity (Wildman–Crippen MR) is 55.0 cm³/mol. The van der Waals surface area contributed by atoms with Gasteiger partial charge in [0.05, 0.1) is 0 Å². The molecule has 1 aliphatic rings. The Kier molecular flexibility index (Phi) is 5.70. The number of piperidine rings is 1. The third-order valence-electron chi connectivity index (χ3n) is 2.55. The normalized spacial score (nSPS) is 21.2. The van der Waals surface area contributed by atoms with Crippen molar-refractivity contribution < 1.29 is 22.8 Å². The van der Waals surface area contributed by atoms with E-state index in [4.69, 9.17) is 0 Å². The largest absolute Gasteiger partial charge is 0.414 e. The predicted octanol–water partition coefficient (Wildman–Crippen LogP) is 1.52. The highest BCUT2D eigenvalue weighted by Crippen LogP contribution is 2.14. The smallest absolute Gasteiger partial charge is 0.314 e. The topological polar surface area (TPSA) is 50.4 Å². The number of rotatable bonds is 5. The molecule has 1 saturated heterocycles. The number of carbonyl (C=O) groups is 1. The zero-order valence-corrected chi connectivity index (χ0v) is 9.48. The van der Waals surface area contributed by atoms with E-state index in [1.54, 1.807) is 5.48 Å². The van der Waals surface area contributed by atoms with Crippen molar-refractivity contribution in [3.05, 3.63) is 0 Å². The molecule has 7 heteroatoms. The molecule has 17 heavy (non-hydrogen) atoms. The molecule has 2 N–H and O–H groups in total. The second-order valence-electron chi connectivity index (χ2n) is 4.11. The van der Waals surface area contributed by atoms with Gasteiger partial charge in [-0.2, -0.15) is 13.2 Å². The van der Waals surface area contributed by atoms with E-state index in [0.717, 1.165) is 25.8 Å². The van der Waals surface area contributed by atoms with Crippen LogP contribution in [-0.4, -0.2) is 31.3 Å². The van der Waals surface area contributed by atoms with Crippen LogP contribution in [0.25, 0.3) is 0 Å². The van der Waals surface area contributed by atoms with E-state index in [2.05, 4.69) is 10.2 Å². The first-order chi connectivity index (χ1) is 7.97. The van der Waals surface area contributed by atoms with Crippen molar-refractivity contribution in [2.24, 2.45) is 0 Å². The fourth-order valence-corrected chi connectivity index (χ4v) is 1.73. The summed E-state index contributed by atoms with van der Waals surface area (Å²) in [6, 6.07) is 0.289. The minimum Gasteiger partial charge on any atom is -0.314 e. The molecule has 0 spiro atoms. The molecule has 1 unspecified atom stereocenters. The SMILES string of the molecule is O=C(CCC1CCCCN1)NOCC(F)(F)F. The molecule has 0 aromatic heterocycles. The summed E-state index contributed by atoms with van der Waals surface area (Å²) in [6.45, 7) is -0.517. The Morgan fingerprint density at radius 1 is 1.41 bits per heavy atom. The fraction of sp³-hybridized carbons (Fsp3) is 0.900. The summed E-state index contributed by atoms with van der Waals surface area (Å²) in [5.41, 5.74) is 1.79. The number of nitrogens with one attached hydrogen (secondary N) is 2. The standard InChI is InChI=1S/C10H17F3N2O2/c11-10(12,13)7-17-15-9(16)5-4-8-3-1-2-6-14-8/h8,14H,1-7H2,(H,15,16). The third-order valence-corrected chi connectivity index (χ3v) is 2.55. The lowest BCUT2D eigenvalue weighted by atomic mass is 10.0. The highest BCUT2D eigenvalue weighted by molar-refractivity contribution is 5.74. The zero-order valence-electron chi connectivity index (χ0n) is 9.48. The van der Waals surface area contributed by atoms with Crippen LogP contribution in [0, 0.1) is 0 Å². The van der Waals surface area contributed by atoms with E-state index in [1.807, 2.05) is 0 Å². The summed E-state index contributed by atoms with van der Waals surface area (Å²) in [6.07, 6.45) is -0.340. The second-order valence-corrected chi connectivity index (χ2v) is 4.11. The van der Waals surface area contributed by atoms with Gasteiger partial charge in [0.2, 0.25) is 5.91 Å². The number of alkyl halides is 3. The summed E-state index contributed by atoms with van der Waals surface area (Å²) in [5, 5.41) is 3.25. The Hall–Kier alpha value is -0.820. The van der Waals surface area contributed by atoms with Crippen molar-refractivity contribution in [1.29, 1.82) is 0 Å². The highest BCUT2D eigenvalue weighted by Gasteiger charge is 2.28. The van der Waals surface area contributed by atoms with Crippen molar-refractivity contribution in [3.63, 3.8) is 0 Å². The minimum atomic E-state index is -4.42. The van der Waals surface area contributed by atoms with Crippen molar-refractivity contribution >= 4 is 5.91 Å². The van der Waals surface area contributed by atoms with Crippen LogP contribution >= 0.6 is 0 Å². The van der Waals surface area contributed by atoms with Crippen molar-refractivity contribution in [3.8, 4) is 0 Å². The molecule has 0 radical (unpaired) electrons. The van der Waals surface area contributed by atoms with Crippen LogP contribution in [0.1, 0.15) is 32.1 Å². The van der Waals surface area contributed by atoms with Gasteiger partial charge in [0, 0.05) is 12.5 Å². The summed E-state index contributed by atoms with van der Waals surface area (Å²) < 4.78 is 35.1. The first-order valence-electron chi connectivity index (χ1n) is 5.68. The molecule has 100 valence electrons. The third kappa shape index (κ3) is 7.17. The maximum Gasteiger partial charge on any atom is 0.414 e.